The van der Waals surface area contributed by atoms with E-state index in [2.05, 4.69) is 19.9 Å². The molecule has 0 fully saturated rings. The molecule has 0 aromatic heterocycles. The van der Waals surface area contributed by atoms with Crippen LogP contribution in [0.3, 0.4) is 0 Å². The summed E-state index contributed by atoms with van der Waals surface area (Å²) in [5.74, 6) is 0.810. The lowest BCUT2D eigenvalue weighted by atomic mass is 9.82. The van der Waals surface area contributed by atoms with Crippen molar-refractivity contribution in [1.82, 2.24) is 0 Å². The third kappa shape index (κ3) is 1.44. The van der Waals surface area contributed by atoms with E-state index in [1.165, 1.54) is 5.56 Å². The lowest BCUT2D eigenvalue weighted by molar-refractivity contribution is 0.486. The zero-order valence-corrected chi connectivity index (χ0v) is 8.86. The predicted molar refractivity (Wildman–Crippen MR) is 55.4 cm³/mol. The van der Waals surface area contributed by atoms with Crippen molar-refractivity contribution in [3.05, 3.63) is 29.8 Å². The quantitative estimate of drug-likeness (QED) is 0.620. The van der Waals surface area contributed by atoms with Crippen LogP contribution in [0.25, 0.3) is 0 Å². The molecular formula is C11H14OS. The molecule has 13 heavy (non-hydrogen) atoms. The highest BCUT2D eigenvalue weighted by Crippen LogP contribution is 2.36. The molecule has 1 aromatic rings. The second-order valence-electron chi connectivity index (χ2n) is 4.18. The summed E-state index contributed by atoms with van der Waals surface area (Å²) in [5.41, 5.74) is 1.46. The Morgan fingerprint density at radius 3 is 2.69 bits per heavy atom. The lowest BCUT2D eigenvalue weighted by Gasteiger charge is -2.31. The Morgan fingerprint density at radius 1 is 1.31 bits per heavy atom. The smallest absolute Gasteiger partial charge is 0.0532 e. The fourth-order valence-electron chi connectivity index (χ4n) is 1.82. The SMILES string of the molecule is CC1(C)CCS(=O)c2ccccc21. The normalized spacial score (nSPS) is 25.2. The topological polar surface area (TPSA) is 17.1 Å². The van der Waals surface area contributed by atoms with Crippen molar-refractivity contribution in [2.45, 2.75) is 30.6 Å². The monoisotopic (exact) mass is 194 g/mol. The van der Waals surface area contributed by atoms with Crippen molar-refractivity contribution >= 4 is 10.8 Å². The van der Waals surface area contributed by atoms with Crippen molar-refractivity contribution < 1.29 is 4.21 Å². The van der Waals surface area contributed by atoms with Crippen LogP contribution in [0.4, 0.5) is 0 Å². The minimum atomic E-state index is -0.762. The highest BCUT2D eigenvalue weighted by molar-refractivity contribution is 7.85. The van der Waals surface area contributed by atoms with Crippen LogP contribution in [-0.4, -0.2) is 9.96 Å². The fourth-order valence-corrected chi connectivity index (χ4v) is 3.55. The fraction of sp³-hybridized carbons (Fsp3) is 0.455. The van der Waals surface area contributed by atoms with Crippen molar-refractivity contribution in [3.63, 3.8) is 0 Å². The highest BCUT2D eigenvalue weighted by atomic mass is 32.2. The van der Waals surface area contributed by atoms with E-state index in [4.69, 9.17) is 0 Å². The third-order valence-corrected chi connectivity index (χ3v) is 4.20. The minimum Gasteiger partial charge on any atom is -0.254 e. The maximum atomic E-state index is 11.7. The van der Waals surface area contributed by atoms with Gasteiger partial charge >= 0.3 is 0 Å². The molecule has 0 radical (unpaired) electrons. The molecule has 0 saturated heterocycles. The van der Waals surface area contributed by atoms with Gasteiger partial charge in [-0.05, 0) is 23.5 Å². The Bertz CT molecular complexity index is 355. The second kappa shape index (κ2) is 2.95. The van der Waals surface area contributed by atoms with Gasteiger partial charge in [-0.15, -0.1) is 0 Å². The van der Waals surface area contributed by atoms with Gasteiger partial charge in [0.2, 0.25) is 0 Å². The molecule has 1 unspecified atom stereocenters. The molecule has 0 amide bonds. The standard InChI is InChI=1S/C11H14OS/c1-11(2)7-8-13(12)10-6-4-3-5-9(10)11/h3-6H,7-8H2,1-2H3. The molecule has 0 N–H and O–H groups in total. The molecule has 1 aliphatic heterocycles. The van der Waals surface area contributed by atoms with Gasteiger partial charge in [-0.2, -0.15) is 0 Å². The van der Waals surface area contributed by atoms with Crippen LogP contribution in [0.15, 0.2) is 29.2 Å². The van der Waals surface area contributed by atoms with Crippen LogP contribution in [0.5, 0.6) is 0 Å². The molecule has 0 bridgehead atoms. The molecule has 70 valence electrons. The summed E-state index contributed by atoms with van der Waals surface area (Å²) in [5, 5.41) is 0. The van der Waals surface area contributed by atoms with Crippen molar-refractivity contribution in [2.24, 2.45) is 0 Å². The zero-order valence-electron chi connectivity index (χ0n) is 8.04. The van der Waals surface area contributed by atoms with Crippen LogP contribution in [0.1, 0.15) is 25.8 Å². The first kappa shape index (κ1) is 8.95. The van der Waals surface area contributed by atoms with Crippen LogP contribution in [0.2, 0.25) is 0 Å². The lowest BCUT2D eigenvalue weighted by Crippen LogP contribution is -2.27. The van der Waals surface area contributed by atoms with Crippen molar-refractivity contribution in [1.29, 1.82) is 0 Å². The first-order valence-corrected chi connectivity index (χ1v) is 5.91. The summed E-state index contributed by atoms with van der Waals surface area (Å²) in [6, 6.07) is 8.10. The van der Waals surface area contributed by atoms with E-state index in [0.29, 0.717) is 0 Å². The van der Waals surface area contributed by atoms with Crippen LogP contribution < -0.4 is 0 Å². The predicted octanol–water partition coefficient (Wildman–Crippen LogP) is 2.48. The van der Waals surface area contributed by atoms with E-state index < -0.39 is 10.8 Å². The second-order valence-corrected chi connectivity index (χ2v) is 5.72. The number of hydrogen-bond donors (Lipinski definition) is 0. The maximum absolute atomic E-state index is 11.7. The first-order valence-electron chi connectivity index (χ1n) is 4.59. The van der Waals surface area contributed by atoms with Gasteiger partial charge in [-0.1, -0.05) is 32.0 Å². The summed E-state index contributed by atoms with van der Waals surface area (Å²) in [4.78, 5) is 1.04. The molecule has 1 heterocycles. The summed E-state index contributed by atoms with van der Waals surface area (Å²) >= 11 is 0. The Morgan fingerprint density at radius 2 is 2.00 bits per heavy atom. The molecule has 1 aromatic carbocycles. The third-order valence-electron chi connectivity index (χ3n) is 2.77. The van der Waals surface area contributed by atoms with Gasteiger partial charge in [-0.3, -0.25) is 4.21 Å². The first-order chi connectivity index (χ1) is 6.11. The van der Waals surface area contributed by atoms with Gasteiger partial charge in [-0.25, -0.2) is 0 Å². The van der Waals surface area contributed by atoms with E-state index in [1.807, 2.05) is 18.2 Å². The molecule has 0 spiro atoms. The molecule has 1 nitrogen and oxygen atoms in total. The Balaban J connectivity index is 2.61. The Hall–Kier alpha value is -0.630. The van der Waals surface area contributed by atoms with Gasteiger partial charge in [0.05, 0.1) is 10.8 Å². The molecule has 2 heteroatoms. The number of hydrogen-bond acceptors (Lipinski definition) is 1. The average Bonchev–Trinajstić information content (AvgIpc) is 2.13. The van der Waals surface area contributed by atoms with Crippen LogP contribution in [-0.2, 0) is 16.2 Å². The number of fused-ring (bicyclic) bond motifs is 1. The summed E-state index contributed by atoms with van der Waals surface area (Å²) < 4.78 is 11.7. The number of benzene rings is 1. The Labute approximate surface area is 81.6 Å². The molecule has 0 saturated carbocycles. The van der Waals surface area contributed by atoms with E-state index in [1.54, 1.807) is 0 Å². The minimum absolute atomic E-state index is 0.199. The molecule has 0 aliphatic carbocycles. The molecule has 2 rings (SSSR count). The Kier molecular flexibility index (Phi) is 2.03. The summed E-state index contributed by atoms with van der Waals surface area (Å²) in [7, 11) is -0.762. The van der Waals surface area contributed by atoms with Gasteiger partial charge in [0.1, 0.15) is 0 Å². The zero-order chi connectivity index (χ0) is 9.47. The van der Waals surface area contributed by atoms with E-state index in [0.717, 1.165) is 17.1 Å². The van der Waals surface area contributed by atoms with Gasteiger partial charge in [0.15, 0.2) is 0 Å². The summed E-state index contributed by atoms with van der Waals surface area (Å²) in [6.45, 7) is 4.45. The average molecular weight is 194 g/mol. The van der Waals surface area contributed by atoms with E-state index >= 15 is 0 Å². The van der Waals surface area contributed by atoms with E-state index in [9.17, 15) is 4.21 Å². The van der Waals surface area contributed by atoms with Crippen molar-refractivity contribution in [2.75, 3.05) is 5.75 Å². The van der Waals surface area contributed by atoms with Gasteiger partial charge in [0.25, 0.3) is 0 Å². The number of rotatable bonds is 0. The largest absolute Gasteiger partial charge is 0.254 e. The highest BCUT2D eigenvalue weighted by Gasteiger charge is 2.30. The summed E-state index contributed by atoms with van der Waals surface area (Å²) in [6.07, 6.45) is 1.02. The molecular weight excluding hydrogens is 180 g/mol. The van der Waals surface area contributed by atoms with Crippen LogP contribution >= 0.6 is 0 Å². The van der Waals surface area contributed by atoms with Crippen molar-refractivity contribution in [3.8, 4) is 0 Å². The maximum Gasteiger partial charge on any atom is 0.0532 e. The van der Waals surface area contributed by atoms with E-state index in [-0.39, 0.29) is 5.41 Å². The van der Waals surface area contributed by atoms with Gasteiger partial charge < -0.3 is 0 Å². The van der Waals surface area contributed by atoms with Gasteiger partial charge in [0, 0.05) is 10.6 Å². The molecule has 1 atom stereocenters. The molecule has 1 aliphatic rings. The van der Waals surface area contributed by atoms with Crippen LogP contribution in [0, 0.1) is 0 Å².